The van der Waals surface area contributed by atoms with E-state index in [1.165, 1.54) is 4.90 Å². The highest BCUT2D eigenvalue weighted by atomic mass is 16.5. The smallest absolute Gasteiger partial charge is 0.256 e. The zero-order chi connectivity index (χ0) is 17.1. The van der Waals surface area contributed by atoms with Gasteiger partial charge in [-0.05, 0) is 38.1 Å². The molecular formula is C19H20N2O3. The SMILES string of the molecule is CCOc1ccccc1N1C(=O)CC(Nc2ccc(C)cc2)C1=O. The van der Waals surface area contributed by atoms with Crippen LogP contribution in [0.3, 0.4) is 0 Å². The molecule has 0 spiro atoms. The Morgan fingerprint density at radius 3 is 2.54 bits per heavy atom. The number of nitrogens with one attached hydrogen (secondary N) is 1. The maximum absolute atomic E-state index is 12.7. The molecule has 1 unspecified atom stereocenters. The number of anilines is 2. The van der Waals surface area contributed by atoms with Crippen molar-refractivity contribution in [2.75, 3.05) is 16.8 Å². The summed E-state index contributed by atoms with van der Waals surface area (Å²) in [5.41, 5.74) is 2.47. The Morgan fingerprint density at radius 2 is 1.83 bits per heavy atom. The topological polar surface area (TPSA) is 58.6 Å². The van der Waals surface area contributed by atoms with E-state index in [-0.39, 0.29) is 18.2 Å². The number of rotatable bonds is 5. The molecule has 0 aliphatic carbocycles. The van der Waals surface area contributed by atoms with Gasteiger partial charge in [0.05, 0.1) is 18.7 Å². The molecular weight excluding hydrogens is 304 g/mol. The molecule has 5 heteroatoms. The van der Waals surface area contributed by atoms with Gasteiger partial charge >= 0.3 is 0 Å². The third-order valence-electron chi connectivity index (χ3n) is 3.95. The van der Waals surface area contributed by atoms with Crippen molar-refractivity contribution < 1.29 is 14.3 Å². The minimum absolute atomic E-state index is 0.132. The summed E-state index contributed by atoms with van der Waals surface area (Å²) in [6.45, 7) is 4.34. The molecule has 24 heavy (non-hydrogen) atoms. The van der Waals surface area contributed by atoms with Crippen LogP contribution in [0.2, 0.25) is 0 Å². The minimum atomic E-state index is -0.560. The number of aryl methyl sites for hydroxylation is 1. The first-order valence-corrected chi connectivity index (χ1v) is 8.02. The normalized spacial score (nSPS) is 17.2. The molecule has 1 saturated heterocycles. The average molecular weight is 324 g/mol. The first-order valence-electron chi connectivity index (χ1n) is 8.02. The van der Waals surface area contributed by atoms with E-state index in [2.05, 4.69) is 5.32 Å². The average Bonchev–Trinajstić information content (AvgIpc) is 2.85. The van der Waals surface area contributed by atoms with Crippen LogP contribution >= 0.6 is 0 Å². The lowest BCUT2D eigenvalue weighted by atomic mass is 10.2. The summed E-state index contributed by atoms with van der Waals surface area (Å²) < 4.78 is 5.55. The molecule has 5 nitrogen and oxygen atoms in total. The van der Waals surface area contributed by atoms with Gasteiger partial charge in [-0.2, -0.15) is 0 Å². The Bertz CT molecular complexity index is 755. The third-order valence-corrected chi connectivity index (χ3v) is 3.95. The van der Waals surface area contributed by atoms with Gasteiger partial charge in [-0.3, -0.25) is 9.59 Å². The van der Waals surface area contributed by atoms with Crippen LogP contribution in [0.15, 0.2) is 48.5 Å². The highest BCUT2D eigenvalue weighted by Crippen LogP contribution is 2.32. The van der Waals surface area contributed by atoms with Gasteiger partial charge in [-0.25, -0.2) is 4.90 Å². The van der Waals surface area contributed by atoms with Crippen LogP contribution in [0.25, 0.3) is 0 Å². The Hall–Kier alpha value is -2.82. The molecule has 2 aromatic carbocycles. The lowest BCUT2D eigenvalue weighted by Crippen LogP contribution is -2.35. The van der Waals surface area contributed by atoms with E-state index >= 15 is 0 Å². The van der Waals surface area contributed by atoms with E-state index in [1.54, 1.807) is 18.2 Å². The lowest BCUT2D eigenvalue weighted by Gasteiger charge is -2.19. The lowest BCUT2D eigenvalue weighted by molar-refractivity contribution is -0.121. The maximum Gasteiger partial charge on any atom is 0.256 e. The van der Waals surface area contributed by atoms with Gasteiger partial charge in [-0.15, -0.1) is 0 Å². The van der Waals surface area contributed by atoms with E-state index in [0.717, 1.165) is 11.3 Å². The molecule has 0 saturated carbocycles. The zero-order valence-corrected chi connectivity index (χ0v) is 13.8. The summed E-state index contributed by atoms with van der Waals surface area (Å²) in [5.74, 6) is 0.0576. The van der Waals surface area contributed by atoms with Crippen molar-refractivity contribution in [3.63, 3.8) is 0 Å². The molecule has 2 amide bonds. The zero-order valence-electron chi connectivity index (χ0n) is 13.8. The van der Waals surface area contributed by atoms with Crippen molar-refractivity contribution in [1.82, 2.24) is 0 Å². The fourth-order valence-electron chi connectivity index (χ4n) is 2.77. The van der Waals surface area contributed by atoms with Crippen LogP contribution in [0, 0.1) is 6.92 Å². The van der Waals surface area contributed by atoms with Crippen LogP contribution < -0.4 is 15.0 Å². The Balaban J connectivity index is 1.83. The van der Waals surface area contributed by atoms with Crippen LogP contribution in [-0.4, -0.2) is 24.5 Å². The number of para-hydroxylation sites is 2. The molecule has 0 bridgehead atoms. The first kappa shape index (κ1) is 16.1. The predicted molar refractivity (Wildman–Crippen MR) is 93.3 cm³/mol. The van der Waals surface area contributed by atoms with Crippen molar-refractivity contribution in [1.29, 1.82) is 0 Å². The molecule has 1 heterocycles. The van der Waals surface area contributed by atoms with Gasteiger partial charge in [0, 0.05) is 5.69 Å². The summed E-state index contributed by atoms with van der Waals surface area (Å²) in [6.07, 6.45) is 0.132. The summed E-state index contributed by atoms with van der Waals surface area (Å²) >= 11 is 0. The van der Waals surface area contributed by atoms with Crippen LogP contribution in [0.5, 0.6) is 5.75 Å². The highest BCUT2D eigenvalue weighted by molar-refractivity contribution is 6.23. The minimum Gasteiger partial charge on any atom is -0.492 e. The van der Waals surface area contributed by atoms with Gasteiger partial charge in [-0.1, -0.05) is 29.8 Å². The first-order chi connectivity index (χ1) is 11.6. The summed E-state index contributed by atoms with van der Waals surface area (Å²) in [6, 6.07) is 14.3. The number of carbonyl (C=O) groups excluding carboxylic acids is 2. The van der Waals surface area contributed by atoms with Crippen LogP contribution in [0.1, 0.15) is 18.9 Å². The fraction of sp³-hybridized carbons (Fsp3) is 0.263. The Kier molecular flexibility index (Phi) is 4.51. The van der Waals surface area contributed by atoms with Gasteiger partial charge < -0.3 is 10.1 Å². The second-order valence-electron chi connectivity index (χ2n) is 5.74. The number of hydrogen-bond donors (Lipinski definition) is 1. The van der Waals surface area contributed by atoms with E-state index < -0.39 is 6.04 Å². The third kappa shape index (κ3) is 3.11. The molecule has 2 aromatic rings. The summed E-state index contributed by atoms with van der Waals surface area (Å²) in [4.78, 5) is 26.4. The van der Waals surface area contributed by atoms with Crippen molar-refractivity contribution in [2.24, 2.45) is 0 Å². The second-order valence-corrected chi connectivity index (χ2v) is 5.74. The molecule has 1 fully saturated rings. The van der Waals surface area contributed by atoms with Gasteiger partial charge in [0.15, 0.2) is 0 Å². The molecule has 1 atom stereocenters. The molecule has 1 aliphatic rings. The fourth-order valence-corrected chi connectivity index (χ4v) is 2.77. The second kappa shape index (κ2) is 6.74. The largest absolute Gasteiger partial charge is 0.492 e. The maximum atomic E-state index is 12.7. The van der Waals surface area contributed by atoms with E-state index in [0.29, 0.717) is 18.0 Å². The van der Waals surface area contributed by atoms with Crippen LogP contribution in [-0.2, 0) is 9.59 Å². The number of imide groups is 1. The predicted octanol–water partition coefficient (Wildman–Crippen LogP) is 3.14. The molecule has 0 radical (unpaired) electrons. The van der Waals surface area contributed by atoms with Gasteiger partial charge in [0.2, 0.25) is 5.91 Å². The number of carbonyl (C=O) groups is 2. The highest BCUT2D eigenvalue weighted by Gasteiger charge is 2.40. The van der Waals surface area contributed by atoms with Gasteiger partial charge in [0.25, 0.3) is 5.91 Å². The van der Waals surface area contributed by atoms with Crippen molar-refractivity contribution in [2.45, 2.75) is 26.3 Å². The van der Waals surface area contributed by atoms with Crippen molar-refractivity contribution in [3.8, 4) is 5.75 Å². The number of amides is 2. The molecule has 1 N–H and O–H groups in total. The molecule has 1 aliphatic heterocycles. The molecule has 3 rings (SSSR count). The quantitative estimate of drug-likeness (QED) is 0.859. The Labute approximate surface area is 141 Å². The van der Waals surface area contributed by atoms with E-state index in [9.17, 15) is 9.59 Å². The number of nitrogens with zero attached hydrogens (tertiary/aromatic N) is 1. The van der Waals surface area contributed by atoms with E-state index in [4.69, 9.17) is 4.74 Å². The number of hydrogen-bond acceptors (Lipinski definition) is 4. The van der Waals surface area contributed by atoms with Gasteiger partial charge in [0.1, 0.15) is 11.8 Å². The standard InChI is InChI=1S/C19H20N2O3/c1-3-24-17-7-5-4-6-16(17)21-18(22)12-15(19(21)23)20-14-10-8-13(2)9-11-14/h4-11,15,20H,3,12H2,1-2H3. The summed E-state index contributed by atoms with van der Waals surface area (Å²) in [5, 5.41) is 3.15. The summed E-state index contributed by atoms with van der Waals surface area (Å²) in [7, 11) is 0. The molecule has 0 aromatic heterocycles. The van der Waals surface area contributed by atoms with E-state index in [1.807, 2.05) is 44.2 Å². The number of ether oxygens (including phenoxy) is 1. The molecule has 124 valence electrons. The Morgan fingerprint density at radius 1 is 1.12 bits per heavy atom. The van der Waals surface area contributed by atoms with Crippen LogP contribution in [0.4, 0.5) is 11.4 Å². The van der Waals surface area contributed by atoms with Crippen molar-refractivity contribution >= 4 is 23.2 Å². The monoisotopic (exact) mass is 324 g/mol. The number of benzene rings is 2. The van der Waals surface area contributed by atoms with Crippen molar-refractivity contribution in [3.05, 3.63) is 54.1 Å².